The Labute approximate surface area is 115 Å². The number of methoxy groups -OCH3 is 1. The quantitative estimate of drug-likeness (QED) is 0.819. The normalized spacial score (nSPS) is 35.0. The van der Waals surface area contributed by atoms with Gasteiger partial charge in [0, 0.05) is 29.4 Å². The third-order valence-corrected chi connectivity index (χ3v) is 4.29. The van der Waals surface area contributed by atoms with Gasteiger partial charge in [0.1, 0.15) is 11.7 Å². The van der Waals surface area contributed by atoms with Crippen LogP contribution < -0.4 is 0 Å². The fraction of sp³-hybridized carbons (Fsp3) is 0.400. The Hall–Kier alpha value is -1.53. The van der Waals surface area contributed by atoms with Crippen LogP contribution in [0, 0.1) is 0 Å². The van der Waals surface area contributed by atoms with E-state index in [9.17, 15) is 9.90 Å². The summed E-state index contributed by atoms with van der Waals surface area (Å²) in [7, 11) is 1.52. The van der Waals surface area contributed by atoms with Gasteiger partial charge in [0.2, 0.25) is 0 Å². The maximum atomic E-state index is 12.6. The topological polar surface area (TPSA) is 65.0 Å². The fourth-order valence-electron chi connectivity index (χ4n) is 3.38. The van der Waals surface area contributed by atoms with Crippen molar-refractivity contribution in [1.82, 2.24) is 0 Å². The molecule has 5 heteroatoms. The lowest BCUT2D eigenvalue weighted by atomic mass is 9.73. The van der Waals surface area contributed by atoms with Gasteiger partial charge < -0.3 is 19.3 Å². The number of hydrogen-bond donors (Lipinski definition) is 1. The smallest absolute Gasteiger partial charge is 0.191 e. The molecule has 0 spiro atoms. The molecule has 104 valence electrons. The second-order valence-electron chi connectivity index (χ2n) is 5.27. The van der Waals surface area contributed by atoms with Crippen LogP contribution in [0.5, 0.6) is 0 Å². The number of benzene rings is 1. The van der Waals surface area contributed by atoms with E-state index in [1.165, 1.54) is 7.11 Å². The summed E-state index contributed by atoms with van der Waals surface area (Å²) in [6, 6.07) is 7.12. The molecule has 3 atom stereocenters. The van der Waals surface area contributed by atoms with Crippen molar-refractivity contribution in [1.29, 1.82) is 0 Å². The molecule has 20 heavy (non-hydrogen) atoms. The molecule has 4 rings (SSSR count). The molecule has 3 aliphatic rings. The molecule has 1 aromatic rings. The van der Waals surface area contributed by atoms with Crippen molar-refractivity contribution in [3.63, 3.8) is 0 Å². The van der Waals surface area contributed by atoms with E-state index in [1.54, 1.807) is 18.2 Å². The Morgan fingerprint density at radius 1 is 1.35 bits per heavy atom. The number of aliphatic hydroxyl groups is 1. The van der Waals surface area contributed by atoms with Crippen LogP contribution in [0.2, 0.25) is 0 Å². The number of rotatable bonds is 1. The third-order valence-electron chi connectivity index (χ3n) is 4.29. The Kier molecular flexibility index (Phi) is 2.44. The summed E-state index contributed by atoms with van der Waals surface area (Å²) in [5, 5.41) is 11.1. The van der Waals surface area contributed by atoms with E-state index in [0.717, 1.165) is 0 Å². The van der Waals surface area contributed by atoms with E-state index in [4.69, 9.17) is 14.2 Å². The molecule has 2 heterocycles. The zero-order valence-electron chi connectivity index (χ0n) is 11.0. The molecule has 2 aliphatic heterocycles. The van der Waals surface area contributed by atoms with Gasteiger partial charge in [-0.1, -0.05) is 24.3 Å². The molecule has 0 unspecified atom stereocenters. The minimum Gasteiger partial charge on any atom is -0.378 e. The molecular formula is C15H14O5. The first-order chi connectivity index (χ1) is 9.66. The molecule has 1 aliphatic carbocycles. The van der Waals surface area contributed by atoms with Gasteiger partial charge in [-0.25, -0.2) is 0 Å². The Balaban J connectivity index is 1.96. The first-order valence-electron chi connectivity index (χ1n) is 6.53. The molecule has 0 amide bonds. The molecule has 5 nitrogen and oxygen atoms in total. The third kappa shape index (κ3) is 1.33. The van der Waals surface area contributed by atoms with Crippen LogP contribution in [0.25, 0.3) is 0 Å². The molecule has 1 saturated heterocycles. The first kappa shape index (κ1) is 12.2. The second kappa shape index (κ2) is 3.99. The SMILES string of the molecule is CO[C@H]1OCC2=C3[C@@H]1OC[C@@]3(O)c1ccccc1C2=O. The van der Waals surface area contributed by atoms with Crippen molar-refractivity contribution in [3.8, 4) is 0 Å². The lowest BCUT2D eigenvalue weighted by molar-refractivity contribution is -0.176. The van der Waals surface area contributed by atoms with Crippen LogP contribution in [0.15, 0.2) is 35.4 Å². The van der Waals surface area contributed by atoms with E-state index in [0.29, 0.717) is 22.3 Å². The number of ether oxygens (including phenoxy) is 3. The van der Waals surface area contributed by atoms with E-state index in [2.05, 4.69) is 0 Å². The molecule has 1 aromatic carbocycles. The minimum absolute atomic E-state index is 0.0923. The number of Topliss-reactive ketones (excluding diaryl/α,β-unsaturated/α-hetero) is 1. The van der Waals surface area contributed by atoms with Crippen molar-refractivity contribution in [2.75, 3.05) is 20.3 Å². The zero-order chi connectivity index (χ0) is 13.9. The van der Waals surface area contributed by atoms with Crippen LogP contribution in [0.3, 0.4) is 0 Å². The molecule has 0 saturated carbocycles. The van der Waals surface area contributed by atoms with Crippen LogP contribution in [-0.4, -0.2) is 43.6 Å². The van der Waals surface area contributed by atoms with Gasteiger partial charge in [-0.15, -0.1) is 0 Å². The molecule has 0 aromatic heterocycles. The number of hydrogen-bond acceptors (Lipinski definition) is 5. The highest BCUT2D eigenvalue weighted by molar-refractivity contribution is 6.12. The number of carbonyl (C=O) groups excluding carboxylic acids is 1. The summed E-state index contributed by atoms with van der Waals surface area (Å²) in [6.45, 7) is 0.257. The van der Waals surface area contributed by atoms with Gasteiger partial charge >= 0.3 is 0 Å². The number of ketones is 1. The lowest BCUT2D eigenvalue weighted by Gasteiger charge is -2.37. The van der Waals surface area contributed by atoms with E-state index >= 15 is 0 Å². The summed E-state index contributed by atoms with van der Waals surface area (Å²) in [5.74, 6) is -0.0923. The summed E-state index contributed by atoms with van der Waals surface area (Å²) in [6.07, 6.45) is -1.10. The Morgan fingerprint density at radius 3 is 2.95 bits per heavy atom. The Morgan fingerprint density at radius 2 is 2.15 bits per heavy atom. The standard InChI is InChI=1S/C15H14O5/c1-18-14-13-11-9(6-19-14)12(16)8-4-2-3-5-10(8)15(11,17)7-20-13/h2-5,13-14,17H,6-7H2,1H3/t13-,14-,15+/m0/s1. The first-order valence-corrected chi connectivity index (χ1v) is 6.53. The minimum atomic E-state index is -1.24. The monoisotopic (exact) mass is 274 g/mol. The number of fused-ring (bicyclic) bond motifs is 2. The zero-order valence-corrected chi connectivity index (χ0v) is 11.0. The van der Waals surface area contributed by atoms with E-state index in [-0.39, 0.29) is 19.0 Å². The highest BCUT2D eigenvalue weighted by Crippen LogP contribution is 2.49. The number of carbonyl (C=O) groups is 1. The van der Waals surface area contributed by atoms with Crippen molar-refractivity contribution in [3.05, 3.63) is 46.5 Å². The summed E-state index contributed by atoms with van der Waals surface area (Å²) >= 11 is 0. The van der Waals surface area contributed by atoms with Crippen molar-refractivity contribution in [2.45, 2.75) is 18.0 Å². The Bertz CT molecular complexity index is 635. The van der Waals surface area contributed by atoms with Crippen molar-refractivity contribution >= 4 is 5.78 Å². The largest absolute Gasteiger partial charge is 0.378 e. The predicted octanol–water partition coefficient (Wildman–Crippen LogP) is 0.769. The van der Waals surface area contributed by atoms with Gasteiger partial charge in [-0.05, 0) is 0 Å². The summed E-state index contributed by atoms with van der Waals surface area (Å²) < 4.78 is 16.4. The van der Waals surface area contributed by atoms with E-state index < -0.39 is 18.0 Å². The predicted molar refractivity (Wildman–Crippen MR) is 68.2 cm³/mol. The molecule has 0 radical (unpaired) electrons. The van der Waals surface area contributed by atoms with Crippen LogP contribution in [0.4, 0.5) is 0 Å². The van der Waals surface area contributed by atoms with Crippen LogP contribution >= 0.6 is 0 Å². The van der Waals surface area contributed by atoms with Crippen LogP contribution in [0.1, 0.15) is 15.9 Å². The maximum absolute atomic E-state index is 12.6. The van der Waals surface area contributed by atoms with Gasteiger partial charge in [0.05, 0.1) is 13.2 Å². The van der Waals surface area contributed by atoms with E-state index in [1.807, 2.05) is 6.07 Å². The highest BCUT2D eigenvalue weighted by Gasteiger charge is 2.56. The lowest BCUT2D eigenvalue weighted by Crippen LogP contribution is -2.45. The van der Waals surface area contributed by atoms with Gasteiger partial charge in [0.15, 0.2) is 12.1 Å². The molecule has 1 fully saturated rings. The molecule has 1 N–H and O–H groups in total. The van der Waals surface area contributed by atoms with Gasteiger partial charge in [0.25, 0.3) is 0 Å². The van der Waals surface area contributed by atoms with Crippen molar-refractivity contribution < 1.29 is 24.1 Å². The van der Waals surface area contributed by atoms with Gasteiger partial charge in [-0.2, -0.15) is 0 Å². The highest BCUT2D eigenvalue weighted by atomic mass is 16.7. The second-order valence-corrected chi connectivity index (χ2v) is 5.27. The average Bonchev–Trinajstić information content (AvgIpc) is 2.85. The maximum Gasteiger partial charge on any atom is 0.191 e. The molecular weight excluding hydrogens is 260 g/mol. The molecule has 0 bridgehead atoms. The average molecular weight is 274 g/mol. The van der Waals surface area contributed by atoms with Crippen molar-refractivity contribution in [2.24, 2.45) is 0 Å². The summed E-state index contributed by atoms with van der Waals surface area (Å²) in [4.78, 5) is 12.6. The van der Waals surface area contributed by atoms with Crippen LogP contribution in [-0.2, 0) is 19.8 Å². The fourth-order valence-corrected chi connectivity index (χ4v) is 3.38. The van der Waals surface area contributed by atoms with Gasteiger partial charge in [-0.3, -0.25) is 4.79 Å². The summed E-state index contributed by atoms with van der Waals surface area (Å²) in [5.41, 5.74) is 1.01.